The minimum Gasteiger partial charge on any atom is -0.369 e. The molecule has 2 fully saturated rings. The first kappa shape index (κ1) is 25.2. The van der Waals surface area contributed by atoms with Crippen molar-refractivity contribution in [1.82, 2.24) is 20.4 Å². The van der Waals surface area contributed by atoms with Gasteiger partial charge < -0.3 is 20.4 Å². The molecule has 2 aliphatic rings. The number of aliphatic imine (C=N–C) groups is 1. The Morgan fingerprint density at radius 3 is 2.27 bits per heavy atom. The fourth-order valence-electron chi connectivity index (χ4n) is 4.38. The molecule has 1 aromatic carbocycles. The number of guanidine groups is 1. The van der Waals surface area contributed by atoms with Crippen LogP contribution in [-0.4, -0.2) is 87.8 Å². The predicted octanol–water partition coefficient (Wildman–Crippen LogP) is 2.86. The van der Waals surface area contributed by atoms with Gasteiger partial charge in [0.05, 0.1) is 0 Å². The lowest BCUT2D eigenvalue weighted by Gasteiger charge is -2.36. The van der Waals surface area contributed by atoms with Gasteiger partial charge in [-0.15, -0.1) is 24.0 Å². The highest BCUT2D eigenvalue weighted by Gasteiger charge is 2.19. The van der Waals surface area contributed by atoms with Crippen molar-refractivity contribution in [2.24, 2.45) is 4.99 Å². The standard InChI is InChI=1S/C23H40N6.HI/c1-3-13-27-15-10-21(11-16-27)26-23(24-2)25-12-7-14-28-17-19-29(20-18-28)22-8-5-4-6-9-22;/h4-6,8-9,21H,3,7,10-20H2,1-2H3,(H2,24,25,26);1H. The molecule has 170 valence electrons. The van der Waals surface area contributed by atoms with Gasteiger partial charge in [0.1, 0.15) is 0 Å². The topological polar surface area (TPSA) is 46.1 Å². The molecule has 7 heteroatoms. The lowest BCUT2D eigenvalue weighted by Crippen LogP contribution is -2.49. The second kappa shape index (κ2) is 14.1. The Morgan fingerprint density at radius 1 is 0.967 bits per heavy atom. The molecule has 0 aliphatic carbocycles. The molecule has 30 heavy (non-hydrogen) atoms. The van der Waals surface area contributed by atoms with E-state index in [0.29, 0.717) is 6.04 Å². The maximum absolute atomic E-state index is 4.43. The molecule has 0 radical (unpaired) electrons. The van der Waals surface area contributed by atoms with E-state index in [-0.39, 0.29) is 24.0 Å². The van der Waals surface area contributed by atoms with E-state index < -0.39 is 0 Å². The van der Waals surface area contributed by atoms with E-state index in [0.717, 1.165) is 51.6 Å². The van der Waals surface area contributed by atoms with Crippen molar-refractivity contribution in [3.8, 4) is 0 Å². The Bertz CT molecular complexity index is 595. The third kappa shape index (κ3) is 8.23. The maximum Gasteiger partial charge on any atom is 0.191 e. The molecule has 0 atom stereocenters. The molecule has 0 saturated carbocycles. The summed E-state index contributed by atoms with van der Waals surface area (Å²) in [7, 11) is 1.88. The molecule has 3 rings (SSSR count). The number of benzene rings is 1. The summed E-state index contributed by atoms with van der Waals surface area (Å²) >= 11 is 0. The Labute approximate surface area is 200 Å². The minimum atomic E-state index is 0. The summed E-state index contributed by atoms with van der Waals surface area (Å²) in [6.07, 6.45) is 4.84. The van der Waals surface area contributed by atoms with Crippen LogP contribution in [0.4, 0.5) is 5.69 Å². The van der Waals surface area contributed by atoms with E-state index in [1.807, 2.05) is 7.05 Å². The average molecular weight is 529 g/mol. The van der Waals surface area contributed by atoms with Gasteiger partial charge in [-0.1, -0.05) is 25.1 Å². The third-order valence-electron chi connectivity index (χ3n) is 6.13. The zero-order valence-corrected chi connectivity index (χ0v) is 21.2. The Kier molecular flexibility index (Phi) is 11.8. The molecule has 2 N–H and O–H groups in total. The molecule has 0 unspecified atom stereocenters. The van der Waals surface area contributed by atoms with Crippen LogP contribution in [0.2, 0.25) is 0 Å². The number of nitrogens with zero attached hydrogens (tertiary/aromatic N) is 4. The van der Waals surface area contributed by atoms with Crippen LogP contribution < -0.4 is 15.5 Å². The van der Waals surface area contributed by atoms with Gasteiger partial charge in [-0.2, -0.15) is 0 Å². The SMILES string of the molecule is CCCN1CCC(NC(=NC)NCCCN2CCN(c3ccccc3)CC2)CC1.I. The molecule has 6 nitrogen and oxygen atoms in total. The Morgan fingerprint density at radius 2 is 1.63 bits per heavy atom. The summed E-state index contributed by atoms with van der Waals surface area (Å²) in [5.41, 5.74) is 1.35. The fourth-order valence-corrected chi connectivity index (χ4v) is 4.38. The zero-order chi connectivity index (χ0) is 20.3. The summed E-state index contributed by atoms with van der Waals surface area (Å²) in [5.74, 6) is 0.966. The highest BCUT2D eigenvalue weighted by atomic mass is 127. The van der Waals surface area contributed by atoms with Crippen LogP contribution in [0.15, 0.2) is 35.3 Å². The monoisotopic (exact) mass is 528 g/mol. The Hall–Kier alpha value is -1.06. The number of likely N-dealkylation sites (tertiary alicyclic amines) is 1. The van der Waals surface area contributed by atoms with E-state index in [1.165, 1.54) is 44.6 Å². The molecule has 0 amide bonds. The number of piperazine rings is 1. The largest absolute Gasteiger partial charge is 0.369 e. The molecule has 0 aromatic heterocycles. The van der Waals surface area contributed by atoms with Crippen LogP contribution in [-0.2, 0) is 0 Å². The van der Waals surface area contributed by atoms with Gasteiger partial charge >= 0.3 is 0 Å². The second-order valence-electron chi connectivity index (χ2n) is 8.28. The fraction of sp³-hybridized carbons (Fsp3) is 0.696. The van der Waals surface area contributed by atoms with Crippen LogP contribution in [0.3, 0.4) is 0 Å². The van der Waals surface area contributed by atoms with Crippen molar-refractivity contribution in [2.75, 3.05) is 70.9 Å². The first-order valence-corrected chi connectivity index (χ1v) is 11.5. The highest BCUT2D eigenvalue weighted by Crippen LogP contribution is 2.15. The molecule has 2 saturated heterocycles. The van der Waals surface area contributed by atoms with Gasteiger partial charge in [0.15, 0.2) is 5.96 Å². The van der Waals surface area contributed by atoms with Gasteiger partial charge in [-0.25, -0.2) is 0 Å². The number of piperidine rings is 1. The minimum absolute atomic E-state index is 0. The molecular weight excluding hydrogens is 487 g/mol. The molecule has 2 aliphatic heterocycles. The Balaban J connectivity index is 0.00000320. The number of nitrogens with one attached hydrogen (secondary N) is 2. The van der Waals surface area contributed by atoms with Crippen molar-refractivity contribution in [3.05, 3.63) is 30.3 Å². The van der Waals surface area contributed by atoms with E-state index in [9.17, 15) is 0 Å². The first-order valence-electron chi connectivity index (χ1n) is 11.5. The first-order chi connectivity index (χ1) is 14.3. The van der Waals surface area contributed by atoms with Crippen molar-refractivity contribution < 1.29 is 0 Å². The van der Waals surface area contributed by atoms with E-state index in [2.05, 4.69) is 67.6 Å². The molecular formula is C23H41IN6. The lowest BCUT2D eigenvalue weighted by molar-refractivity contribution is 0.206. The van der Waals surface area contributed by atoms with Crippen molar-refractivity contribution in [1.29, 1.82) is 0 Å². The number of halogens is 1. The van der Waals surface area contributed by atoms with E-state index in [4.69, 9.17) is 0 Å². The number of para-hydroxylation sites is 1. The van der Waals surface area contributed by atoms with Crippen LogP contribution in [0, 0.1) is 0 Å². The van der Waals surface area contributed by atoms with Crippen molar-refractivity contribution >= 4 is 35.6 Å². The smallest absolute Gasteiger partial charge is 0.191 e. The summed E-state index contributed by atoms with van der Waals surface area (Å²) in [4.78, 5) is 12.1. The van der Waals surface area contributed by atoms with Gasteiger partial charge in [0.2, 0.25) is 0 Å². The molecule has 2 heterocycles. The van der Waals surface area contributed by atoms with Gasteiger partial charge in [0, 0.05) is 64.6 Å². The summed E-state index contributed by atoms with van der Waals surface area (Å²) in [6, 6.07) is 11.3. The predicted molar refractivity (Wildman–Crippen MR) is 139 cm³/mol. The van der Waals surface area contributed by atoms with Crippen molar-refractivity contribution in [2.45, 2.75) is 38.6 Å². The molecule has 0 bridgehead atoms. The quantitative estimate of drug-likeness (QED) is 0.235. The summed E-state index contributed by atoms with van der Waals surface area (Å²) < 4.78 is 0. The van der Waals surface area contributed by atoms with Crippen molar-refractivity contribution in [3.63, 3.8) is 0 Å². The van der Waals surface area contributed by atoms with E-state index >= 15 is 0 Å². The van der Waals surface area contributed by atoms with Crippen LogP contribution in [0.1, 0.15) is 32.6 Å². The lowest BCUT2D eigenvalue weighted by atomic mass is 10.1. The zero-order valence-electron chi connectivity index (χ0n) is 18.9. The normalized spacial score (nSPS) is 19.4. The number of anilines is 1. The van der Waals surface area contributed by atoms with Gasteiger partial charge in [-0.05, 0) is 50.9 Å². The number of hydrogen-bond acceptors (Lipinski definition) is 4. The maximum atomic E-state index is 4.43. The summed E-state index contributed by atoms with van der Waals surface area (Å²) in [6.45, 7) is 12.6. The van der Waals surface area contributed by atoms with Crippen LogP contribution >= 0.6 is 24.0 Å². The molecule has 0 spiro atoms. The summed E-state index contributed by atoms with van der Waals surface area (Å²) in [5, 5.41) is 7.14. The van der Waals surface area contributed by atoms with Crippen LogP contribution in [0.25, 0.3) is 0 Å². The third-order valence-corrected chi connectivity index (χ3v) is 6.13. The molecule has 1 aromatic rings. The van der Waals surface area contributed by atoms with Gasteiger partial charge in [-0.3, -0.25) is 9.89 Å². The van der Waals surface area contributed by atoms with Crippen LogP contribution in [0.5, 0.6) is 0 Å². The number of hydrogen-bond donors (Lipinski definition) is 2. The highest BCUT2D eigenvalue weighted by molar-refractivity contribution is 14.0. The van der Waals surface area contributed by atoms with E-state index in [1.54, 1.807) is 0 Å². The van der Waals surface area contributed by atoms with Gasteiger partial charge in [0.25, 0.3) is 0 Å². The average Bonchev–Trinajstić information content (AvgIpc) is 2.78. The number of rotatable bonds is 8. The second-order valence-corrected chi connectivity index (χ2v) is 8.28.